The van der Waals surface area contributed by atoms with Gasteiger partial charge in [-0.2, -0.15) is 0 Å². The second-order valence-corrected chi connectivity index (χ2v) is 5.13. The number of amides is 1. The highest BCUT2D eigenvalue weighted by atomic mass is 35.5. The lowest BCUT2D eigenvalue weighted by Gasteiger charge is -2.25. The fourth-order valence-electron chi connectivity index (χ4n) is 1.77. The van der Waals surface area contributed by atoms with Crippen LogP contribution in [0.3, 0.4) is 0 Å². The number of halogens is 1. The van der Waals surface area contributed by atoms with Crippen LogP contribution < -0.4 is 10.6 Å². The lowest BCUT2D eigenvalue weighted by Crippen LogP contribution is -2.39. The molecule has 1 aromatic rings. The van der Waals surface area contributed by atoms with Gasteiger partial charge in [0, 0.05) is 6.54 Å². The van der Waals surface area contributed by atoms with Gasteiger partial charge in [0.15, 0.2) is 0 Å². The molecule has 102 valence electrons. The van der Waals surface area contributed by atoms with E-state index in [1.54, 1.807) is 7.05 Å². The molecule has 0 aliphatic carbocycles. The van der Waals surface area contributed by atoms with Gasteiger partial charge in [0.2, 0.25) is 5.91 Å². The van der Waals surface area contributed by atoms with Crippen LogP contribution in [0.4, 0.5) is 0 Å². The van der Waals surface area contributed by atoms with Crippen LogP contribution in [0.15, 0.2) is 30.3 Å². The number of nitrogens with one attached hydrogen (secondary N) is 2. The van der Waals surface area contributed by atoms with Crippen LogP contribution in [0.5, 0.6) is 0 Å². The molecule has 0 bridgehead atoms. The first-order chi connectivity index (χ1) is 8.03. The lowest BCUT2D eigenvalue weighted by molar-refractivity contribution is -0.120. The van der Waals surface area contributed by atoms with E-state index in [1.165, 1.54) is 5.56 Å². The fourth-order valence-corrected chi connectivity index (χ4v) is 1.77. The molecular formula is C14H23ClN2O. The molecule has 0 atom stereocenters. The van der Waals surface area contributed by atoms with E-state index in [2.05, 4.69) is 36.6 Å². The Morgan fingerprint density at radius 3 is 2.39 bits per heavy atom. The molecule has 1 amide bonds. The van der Waals surface area contributed by atoms with Crippen LogP contribution in [0.1, 0.15) is 19.4 Å². The molecule has 1 aromatic carbocycles. The Bertz CT molecular complexity index is 352. The minimum absolute atomic E-state index is 0. The molecule has 0 aromatic heterocycles. The molecule has 0 unspecified atom stereocenters. The summed E-state index contributed by atoms with van der Waals surface area (Å²) in [5.74, 6) is 0.0497. The third kappa shape index (κ3) is 6.62. The van der Waals surface area contributed by atoms with Gasteiger partial charge in [-0.15, -0.1) is 12.4 Å². The van der Waals surface area contributed by atoms with Gasteiger partial charge in [-0.05, 0) is 24.4 Å². The minimum Gasteiger partial charge on any atom is -0.354 e. The number of benzene rings is 1. The fraction of sp³-hybridized carbons (Fsp3) is 0.500. The van der Waals surface area contributed by atoms with Gasteiger partial charge in [0.05, 0.1) is 6.54 Å². The smallest absolute Gasteiger partial charge is 0.233 e. The number of rotatable bonds is 6. The number of likely N-dealkylation sites (N-methyl/N-ethyl adjacent to an activating group) is 1. The molecule has 1 rings (SSSR count). The zero-order chi connectivity index (χ0) is 12.7. The van der Waals surface area contributed by atoms with Crippen molar-refractivity contribution in [1.29, 1.82) is 0 Å². The SMILES string of the molecule is CNCC(=O)NCC(C)(C)Cc1ccccc1.Cl. The first kappa shape index (κ1) is 16.9. The van der Waals surface area contributed by atoms with Crippen LogP contribution in [0.25, 0.3) is 0 Å². The van der Waals surface area contributed by atoms with Crippen molar-refractivity contribution in [3.63, 3.8) is 0 Å². The zero-order valence-corrected chi connectivity index (χ0v) is 12.1. The van der Waals surface area contributed by atoms with Crippen molar-refractivity contribution in [1.82, 2.24) is 10.6 Å². The highest BCUT2D eigenvalue weighted by Crippen LogP contribution is 2.20. The summed E-state index contributed by atoms with van der Waals surface area (Å²) in [6.07, 6.45) is 0.966. The van der Waals surface area contributed by atoms with Crippen LogP contribution in [-0.4, -0.2) is 26.0 Å². The van der Waals surface area contributed by atoms with Gasteiger partial charge >= 0.3 is 0 Å². The summed E-state index contributed by atoms with van der Waals surface area (Å²) in [6, 6.07) is 10.4. The molecule has 0 saturated heterocycles. The average molecular weight is 271 g/mol. The maximum absolute atomic E-state index is 11.4. The third-order valence-corrected chi connectivity index (χ3v) is 2.63. The van der Waals surface area contributed by atoms with Crippen molar-refractivity contribution in [2.24, 2.45) is 5.41 Å². The molecule has 2 N–H and O–H groups in total. The van der Waals surface area contributed by atoms with E-state index >= 15 is 0 Å². The highest BCUT2D eigenvalue weighted by molar-refractivity contribution is 5.85. The number of carbonyl (C=O) groups is 1. The molecular weight excluding hydrogens is 248 g/mol. The van der Waals surface area contributed by atoms with E-state index in [-0.39, 0.29) is 23.7 Å². The van der Waals surface area contributed by atoms with E-state index in [4.69, 9.17) is 0 Å². The largest absolute Gasteiger partial charge is 0.354 e. The number of hydrogen-bond acceptors (Lipinski definition) is 2. The molecule has 0 saturated carbocycles. The summed E-state index contributed by atoms with van der Waals surface area (Å²) in [6.45, 7) is 5.41. The first-order valence-electron chi connectivity index (χ1n) is 5.99. The number of hydrogen-bond donors (Lipinski definition) is 2. The quantitative estimate of drug-likeness (QED) is 0.830. The third-order valence-electron chi connectivity index (χ3n) is 2.63. The normalized spacial score (nSPS) is 10.6. The Balaban J connectivity index is 0.00000289. The number of carbonyl (C=O) groups excluding carboxylic acids is 1. The Hall–Kier alpha value is -1.06. The monoisotopic (exact) mass is 270 g/mol. The van der Waals surface area contributed by atoms with Crippen LogP contribution in [-0.2, 0) is 11.2 Å². The molecule has 0 spiro atoms. The topological polar surface area (TPSA) is 41.1 Å². The summed E-state index contributed by atoms with van der Waals surface area (Å²) in [5, 5.41) is 5.78. The average Bonchev–Trinajstić information content (AvgIpc) is 2.28. The maximum atomic E-state index is 11.4. The van der Waals surface area contributed by atoms with Crippen molar-refractivity contribution in [2.45, 2.75) is 20.3 Å². The summed E-state index contributed by atoms with van der Waals surface area (Å²) in [4.78, 5) is 11.4. The van der Waals surface area contributed by atoms with E-state index in [9.17, 15) is 4.79 Å². The maximum Gasteiger partial charge on any atom is 0.233 e. The molecule has 0 aliphatic rings. The van der Waals surface area contributed by atoms with E-state index in [1.807, 2.05) is 18.2 Å². The molecule has 0 aliphatic heterocycles. The van der Waals surface area contributed by atoms with Gasteiger partial charge in [-0.25, -0.2) is 0 Å². The standard InChI is InChI=1S/C14H22N2O.ClH/c1-14(2,11-16-13(17)10-15-3)9-12-7-5-4-6-8-12;/h4-8,15H,9-11H2,1-3H3,(H,16,17);1H. The van der Waals surface area contributed by atoms with E-state index in [0.717, 1.165) is 6.42 Å². The molecule has 0 fully saturated rings. The molecule has 18 heavy (non-hydrogen) atoms. The Morgan fingerprint density at radius 2 is 1.83 bits per heavy atom. The van der Waals surface area contributed by atoms with Crippen molar-refractivity contribution in [2.75, 3.05) is 20.1 Å². The zero-order valence-electron chi connectivity index (χ0n) is 11.3. The summed E-state index contributed by atoms with van der Waals surface area (Å²) < 4.78 is 0. The molecule has 0 radical (unpaired) electrons. The van der Waals surface area contributed by atoms with Gasteiger partial charge < -0.3 is 10.6 Å². The van der Waals surface area contributed by atoms with Gasteiger partial charge in [0.25, 0.3) is 0 Å². The molecule has 3 nitrogen and oxygen atoms in total. The minimum atomic E-state index is 0. The van der Waals surface area contributed by atoms with Crippen LogP contribution in [0.2, 0.25) is 0 Å². The van der Waals surface area contributed by atoms with Crippen molar-refractivity contribution in [3.8, 4) is 0 Å². The Morgan fingerprint density at radius 1 is 1.22 bits per heavy atom. The molecule has 0 heterocycles. The lowest BCUT2D eigenvalue weighted by atomic mass is 9.85. The van der Waals surface area contributed by atoms with Gasteiger partial charge in [-0.3, -0.25) is 4.79 Å². The van der Waals surface area contributed by atoms with Crippen LogP contribution >= 0.6 is 12.4 Å². The Labute approximate surface area is 116 Å². The van der Waals surface area contributed by atoms with E-state index < -0.39 is 0 Å². The van der Waals surface area contributed by atoms with E-state index in [0.29, 0.717) is 13.1 Å². The van der Waals surface area contributed by atoms with Crippen molar-refractivity contribution < 1.29 is 4.79 Å². The predicted octanol–water partition coefficient (Wildman–Crippen LogP) is 2.01. The highest BCUT2D eigenvalue weighted by Gasteiger charge is 2.19. The predicted molar refractivity (Wildman–Crippen MR) is 78.1 cm³/mol. The summed E-state index contributed by atoms with van der Waals surface area (Å²) in [5.41, 5.74) is 1.38. The summed E-state index contributed by atoms with van der Waals surface area (Å²) >= 11 is 0. The van der Waals surface area contributed by atoms with Crippen molar-refractivity contribution >= 4 is 18.3 Å². The molecule has 4 heteroatoms. The van der Waals surface area contributed by atoms with Gasteiger partial charge in [0.1, 0.15) is 0 Å². The Kier molecular flexibility index (Phi) is 7.64. The van der Waals surface area contributed by atoms with Crippen LogP contribution in [0, 0.1) is 5.41 Å². The second-order valence-electron chi connectivity index (χ2n) is 5.13. The summed E-state index contributed by atoms with van der Waals surface area (Å²) in [7, 11) is 1.77. The first-order valence-corrected chi connectivity index (χ1v) is 5.99. The van der Waals surface area contributed by atoms with Crippen molar-refractivity contribution in [3.05, 3.63) is 35.9 Å². The second kappa shape index (κ2) is 8.11. The van der Waals surface area contributed by atoms with Gasteiger partial charge in [-0.1, -0.05) is 44.2 Å².